The molecule has 1 aliphatic rings. The van der Waals surface area contributed by atoms with Gasteiger partial charge in [-0.2, -0.15) is 5.10 Å². The van der Waals surface area contributed by atoms with Crippen molar-refractivity contribution in [1.82, 2.24) is 14.9 Å². The molecule has 3 aromatic rings. The van der Waals surface area contributed by atoms with Crippen molar-refractivity contribution in [2.45, 2.75) is 44.9 Å². The van der Waals surface area contributed by atoms with E-state index in [4.69, 9.17) is 20.9 Å². The zero-order valence-corrected chi connectivity index (χ0v) is 16.6. The molecule has 2 heterocycles. The standard InChI is InChI=1S/C20H21ClFN3O3/c1-11-13(9-23-25(11)12-7-20(2,26)8-12)19-14(10-27-3)18(24-28-19)17-15(21)5-4-6-16(17)22/h4-6,9,12,26H,7-8,10H2,1-3H3/t12-,20+. The number of halogens is 2. The number of benzene rings is 1. The van der Waals surface area contributed by atoms with Crippen molar-refractivity contribution in [2.75, 3.05) is 7.11 Å². The van der Waals surface area contributed by atoms with Gasteiger partial charge in [-0.15, -0.1) is 0 Å². The second-order valence-electron chi connectivity index (χ2n) is 7.52. The number of rotatable bonds is 5. The summed E-state index contributed by atoms with van der Waals surface area (Å²) in [6.07, 6.45) is 2.99. The van der Waals surface area contributed by atoms with E-state index in [1.807, 2.05) is 18.5 Å². The SMILES string of the molecule is COCc1c(-c2c(F)cccc2Cl)noc1-c1cnn([C@H]2C[C@@](C)(O)C2)c1C. The van der Waals surface area contributed by atoms with E-state index in [1.165, 1.54) is 6.07 Å². The van der Waals surface area contributed by atoms with E-state index in [-0.39, 0.29) is 23.2 Å². The van der Waals surface area contributed by atoms with Crippen LogP contribution in [0.3, 0.4) is 0 Å². The molecule has 0 unspecified atom stereocenters. The summed E-state index contributed by atoms with van der Waals surface area (Å²) < 4.78 is 27.3. The maximum Gasteiger partial charge on any atom is 0.176 e. The molecular weight excluding hydrogens is 385 g/mol. The molecule has 0 aliphatic heterocycles. The molecule has 0 atom stereocenters. The molecule has 0 bridgehead atoms. The van der Waals surface area contributed by atoms with Crippen LogP contribution in [-0.4, -0.2) is 32.8 Å². The van der Waals surface area contributed by atoms with Gasteiger partial charge in [0.25, 0.3) is 0 Å². The molecule has 0 amide bonds. The Bertz CT molecular complexity index is 1000. The number of aromatic nitrogens is 3. The number of aliphatic hydroxyl groups is 1. The largest absolute Gasteiger partial charge is 0.390 e. The first-order valence-corrected chi connectivity index (χ1v) is 9.39. The maximum absolute atomic E-state index is 14.4. The molecule has 1 aliphatic carbocycles. The van der Waals surface area contributed by atoms with E-state index in [0.29, 0.717) is 29.9 Å². The van der Waals surface area contributed by atoms with Gasteiger partial charge in [-0.3, -0.25) is 4.68 Å². The average molecular weight is 406 g/mol. The Hall–Kier alpha value is -2.22. The molecule has 0 saturated heterocycles. The van der Waals surface area contributed by atoms with Gasteiger partial charge in [0.1, 0.15) is 11.5 Å². The van der Waals surface area contributed by atoms with Gasteiger partial charge in [0.05, 0.1) is 46.2 Å². The van der Waals surface area contributed by atoms with Gasteiger partial charge in [0, 0.05) is 12.8 Å². The van der Waals surface area contributed by atoms with Crippen molar-refractivity contribution < 1.29 is 18.8 Å². The summed E-state index contributed by atoms with van der Waals surface area (Å²) in [5.41, 5.74) is 2.11. The third-order valence-electron chi connectivity index (χ3n) is 5.26. The lowest BCUT2D eigenvalue weighted by Gasteiger charge is -2.41. The Morgan fingerprint density at radius 1 is 1.43 bits per heavy atom. The van der Waals surface area contributed by atoms with Crippen molar-refractivity contribution in [3.8, 4) is 22.6 Å². The monoisotopic (exact) mass is 405 g/mol. The number of methoxy groups -OCH3 is 1. The molecule has 0 radical (unpaired) electrons. The first-order chi connectivity index (χ1) is 13.3. The second kappa shape index (κ2) is 6.99. The van der Waals surface area contributed by atoms with Gasteiger partial charge in [0.15, 0.2) is 5.76 Å². The molecule has 2 aromatic heterocycles. The summed E-state index contributed by atoms with van der Waals surface area (Å²) in [6, 6.07) is 4.62. The molecular formula is C20H21ClFN3O3. The van der Waals surface area contributed by atoms with E-state index in [1.54, 1.807) is 25.4 Å². The third kappa shape index (κ3) is 3.13. The summed E-state index contributed by atoms with van der Waals surface area (Å²) in [4.78, 5) is 0. The average Bonchev–Trinajstić information content (AvgIpc) is 3.17. The highest BCUT2D eigenvalue weighted by atomic mass is 35.5. The van der Waals surface area contributed by atoms with Crippen LogP contribution in [0.2, 0.25) is 5.02 Å². The highest BCUT2D eigenvalue weighted by Crippen LogP contribution is 2.43. The smallest absolute Gasteiger partial charge is 0.176 e. The normalized spacial score (nSPS) is 21.7. The lowest BCUT2D eigenvalue weighted by molar-refractivity contribution is -0.0548. The Balaban J connectivity index is 1.78. The number of nitrogens with zero attached hydrogens (tertiary/aromatic N) is 3. The molecule has 8 heteroatoms. The summed E-state index contributed by atoms with van der Waals surface area (Å²) in [7, 11) is 1.55. The van der Waals surface area contributed by atoms with Crippen LogP contribution in [-0.2, 0) is 11.3 Å². The third-order valence-corrected chi connectivity index (χ3v) is 5.58. The van der Waals surface area contributed by atoms with Crippen molar-refractivity contribution >= 4 is 11.6 Å². The minimum absolute atomic E-state index is 0.137. The highest BCUT2D eigenvalue weighted by molar-refractivity contribution is 6.33. The Morgan fingerprint density at radius 3 is 2.82 bits per heavy atom. The van der Waals surface area contributed by atoms with Crippen molar-refractivity contribution in [3.05, 3.63) is 46.5 Å². The number of ether oxygens (including phenoxy) is 1. The van der Waals surface area contributed by atoms with Crippen LogP contribution >= 0.6 is 11.6 Å². The first-order valence-electron chi connectivity index (χ1n) is 9.01. The Kier molecular flexibility index (Phi) is 4.77. The van der Waals surface area contributed by atoms with Crippen LogP contribution in [0.5, 0.6) is 0 Å². The van der Waals surface area contributed by atoms with E-state index in [0.717, 1.165) is 11.3 Å². The topological polar surface area (TPSA) is 73.3 Å². The van der Waals surface area contributed by atoms with Crippen LogP contribution in [0.1, 0.15) is 37.1 Å². The van der Waals surface area contributed by atoms with E-state index >= 15 is 0 Å². The van der Waals surface area contributed by atoms with Crippen LogP contribution < -0.4 is 0 Å². The zero-order valence-electron chi connectivity index (χ0n) is 15.9. The summed E-state index contributed by atoms with van der Waals surface area (Å²) >= 11 is 6.22. The van der Waals surface area contributed by atoms with Gasteiger partial charge < -0.3 is 14.4 Å². The molecule has 1 fully saturated rings. The minimum atomic E-state index is -0.647. The predicted molar refractivity (Wildman–Crippen MR) is 102 cm³/mol. The van der Waals surface area contributed by atoms with Crippen molar-refractivity contribution in [3.63, 3.8) is 0 Å². The fourth-order valence-electron chi connectivity index (χ4n) is 3.86. The fourth-order valence-corrected chi connectivity index (χ4v) is 4.11. The second-order valence-corrected chi connectivity index (χ2v) is 7.92. The van der Waals surface area contributed by atoms with E-state index in [9.17, 15) is 9.50 Å². The quantitative estimate of drug-likeness (QED) is 0.674. The predicted octanol–water partition coefficient (Wildman–Crippen LogP) is 4.54. The van der Waals surface area contributed by atoms with Crippen LogP contribution in [0.25, 0.3) is 22.6 Å². The highest BCUT2D eigenvalue weighted by Gasteiger charge is 2.41. The zero-order chi connectivity index (χ0) is 20.1. The summed E-state index contributed by atoms with van der Waals surface area (Å²) in [5, 5.41) is 18.8. The number of hydrogen-bond acceptors (Lipinski definition) is 5. The Labute approximate surface area is 166 Å². The molecule has 1 aromatic carbocycles. The minimum Gasteiger partial charge on any atom is -0.390 e. The molecule has 0 spiro atoms. The lowest BCUT2D eigenvalue weighted by Crippen LogP contribution is -2.42. The van der Waals surface area contributed by atoms with Gasteiger partial charge in [-0.1, -0.05) is 22.8 Å². The molecule has 6 nitrogen and oxygen atoms in total. The molecule has 1 N–H and O–H groups in total. The summed E-state index contributed by atoms with van der Waals surface area (Å²) in [6.45, 7) is 3.94. The lowest BCUT2D eigenvalue weighted by atomic mass is 9.77. The Morgan fingerprint density at radius 2 is 2.18 bits per heavy atom. The van der Waals surface area contributed by atoms with Crippen LogP contribution in [0.4, 0.5) is 4.39 Å². The molecule has 4 rings (SSSR count). The molecule has 28 heavy (non-hydrogen) atoms. The van der Waals surface area contributed by atoms with Gasteiger partial charge in [-0.25, -0.2) is 4.39 Å². The van der Waals surface area contributed by atoms with Gasteiger partial charge in [0.2, 0.25) is 0 Å². The fraction of sp³-hybridized carbons (Fsp3) is 0.400. The molecule has 1 saturated carbocycles. The van der Waals surface area contributed by atoms with E-state index in [2.05, 4.69) is 10.3 Å². The van der Waals surface area contributed by atoms with Crippen molar-refractivity contribution in [1.29, 1.82) is 0 Å². The summed E-state index contributed by atoms with van der Waals surface area (Å²) in [5.74, 6) is -0.000164. The van der Waals surface area contributed by atoms with Crippen molar-refractivity contribution in [2.24, 2.45) is 0 Å². The maximum atomic E-state index is 14.4. The first kappa shape index (κ1) is 19.1. The van der Waals surface area contributed by atoms with Crippen LogP contribution in [0.15, 0.2) is 28.9 Å². The van der Waals surface area contributed by atoms with E-state index < -0.39 is 11.4 Å². The van der Waals surface area contributed by atoms with Crippen LogP contribution in [0, 0.1) is 12.7 Å². The van der Waals surface area contributed by atoms with Gasteiger partial charge >= 0.3 is 0 Å². The van der Waals surface area contributed by atoms with Gasteiger partial charge in [-0.05, 0) is 38.8 Å². The number of hydrogen-bond donors (Lipinski definition) is 1. The molecule has 148 valence electrons.